The number of anilines is 1. The topological polar surface area (TPSA) is 34.1 Å². The summed E-state index contributed by atoms with van der Waals surface area (Å²) >= 11 is 9.39. The first-order valence-corrected chi connectivity index (χ1v) is 6.54. The first-order chi connectivity index (χ1) is 8.70. The summed E-state index contributed by atoms with van der Waals surface area (Å²) in [6.45, 7) is 0.634. The van der Waals surface area contributed by atoms with Gasteiger partial charge in [-0.1, -0.05) is 17.7 Å². The number of hydrogen-bond donors (Lipinski definition) is 1. The highest BCUT2D eigenvalue weighted by Crippen LogP contribution is 2.26. The molecular formula is C13H12BrClN2O. The molecular weight excluding hydrogens is 316 g/mol. The Balaban J connectivity index is 2.09. The van der Waals surface area contributed by atoms with Crippen molar-refractivity contribution in [1.82, 2.24) is 4.98 Å². The summed E-state index contributed by atoms with van der Waals surface area (Å²) in [6.07, 6.45) is 1.71. The zero-order valence-electron chi connectivity index (χ0n) is 9.78. The number of halogens is 2. The highest BCUT2D eigenvalue weighted by molar-refractivity contribution is 9.10. The molecule has 5 heteroatoms. The Morgan fingerprint density at radius 3 is 2.94 bits per heavy atom. The zero-order chi connectivity index (χ0) is 13.0. The van der Waals surface area contributed by atoms with E-state index in [2.05, 4.69) is 26.2 Å². The quantitative estimate of drug-likeness (QED) is 0.917. The third-order valence-electron chi connectivity index (χ3n) is 2.45. The number of nitrogens with one attached hydrogen (secondary N) is 1. The smallest absolute Gasteiger partial charge is 0.218 e. The number of aromatic nitrogens is 1. The largest absolute Gasteiger partial charge is 0.481 e. The zero-order valence-corrected chi connectivity index (χ0v) is 12.1. The van der Waals surface area contributed by atoms with Crippen LogP contribution in [0.25, 0.3) is 0 Å². The molecule has 1 heterocycles. The van der Waals surface area contributed by atoms with E-state index in [4.69, 9.17) is 16.3 Å². The molecule has 0 amide bonds. The maximum Gasteiger partial charge on any atom is 0.218 e. The van der Waals surface area contributed by atoms with Crippen molar-refractivity contribution in [2.45, 2.75) is 6.54 Å². The minimum Gasteiger partial charge on any atom is -0.481 e. The Kier molecular flexibility index (Phi) is 4.44. The lowest BCUT2D eigenvalue weighted by molar-refractivity contribution is 0.393. The minimum absolute atomic E-state index is 0.633. The van der Waals surface area contributed by atoms with Crippen molar-refractivity contribution in [3.63, 3.8) is 0 Å². The molecule has 0 atom stereocenters. The molecule has 18 heavy (non-hydrogen) atoms. The van der Waals surface area contributed by atoms with E-state index in [-0.39, 0.29) is 0 Å². The molecule has 1 aromatic carbocycles. The Labute approximate surface area is 119 Å². The Morgan fingerprint density at radius 2 is 2.22 bits per heavy atom. The number of hydrogen-bond acceptors (Lipinski definition) is 3. The van der Waals surface area contributed by atoms with Gasteiger partial charge in [-0.05, 0) is 40.2 Å². The van der Waals surface area contributed by atoms with E-state index in [1.165, 1.54) is 0 Å². The number of methoxy groups -OCH3 is 1. The predicted molar refractivity (Wildman–Crippen MR) is 77.3 cm³/mol. The molecule has 1 aromatic heterocycles. The first kappa shape index (κ1) is 13.2. The fraction of sp³-hybridized carbons (Fsp3) is 0.154. The SMILES string of the molecule is COc1ncccc1CNc1ccc(Br)c(Cl)c1. The van der Waals surface area contributed by atoms with Crippen molar-refractivity contribution in [3.05, 3.63) is 51.6 Å². The van der Waals surface area contributed by atoms with Crippen LogP contribution in [0.1, 0.15) is 5.56 Å². The van der Waals surface area contributed by atoms with Crippen LogP contribution in [0.3, 0.4) is 0 Å². The summed E-state index contributed by atoms with van der Waals surface area (Å²) in [5.41, 5.74) is 1.95. The number of rotatable bonds is 4. The Hall–Kier alpha value is -1.26. The maximum absolute atomic E-state index is 6.03. The summed E-state index contributed by atoms with van der Waals surface area (Å²) in [5, 5.41) is 3.96. The average molecular weight is 328 g/mol. The van der Waals surface area contributed by atoms with Gasteiger partial charge in [0, 0.05) is 28.5 Å². The van der Waals surface area contributed by atoms with Gasteiger partial charge in [0.15, 0.2) is 0 Å². The molecule has 0 radical (unpaired) electrons. The van der Waals surface area contributed by atoms with Crippen molar-refractivity contribution in [1.29, 1.82) is 0 Å². The second-order valence-electron chi connectivity index (χ2n) is 3.65. The molecule has 0 unspecified atom stereocenters. The van der Waals surface area contributed by atoms with E-state index in [1.807, 2.05) is 30.3 Å². The van der Waals surface area contributed by atoms with E-state index in [9.17, 15) is 0 Å². The van der Waals surface area contributed by atoms with Gasteiger partial charge in [0.05, 0.1) is 12.1 Å². The van der Waals surface area contributed by atoms with Crippen LogP contribution in [0.2, 0.25) is 5.02 Å². The number of ether oxygens (including phenoxy) is 1. The van der Waals surface area contributed by atoms with Crippen molar-refractivity contribution in [2.24, 2.45) is 0 Å². The lowest BCUT2D eigenvalue weighted by Crippen LogP contribution is -2.02. The van der Waals surface area contributed by atoms with Crippen LogP contribution in [-0.4, -0.2) is 12.1 Å². The molecule has 2 rings (SSSR count). The van der Waals surface area contributed by atoms with Gasteiger partial charge in [-0.3, -0.25) is 0 Å². The molecule has 0 bridgehead atoms. The molecule has 2 aromatic rings. The lowest BCUT2D eigenvalue weighted by atomic mass is 10.2. The highest BCUT2D eigenvalue weighted by Gasteiger charge is 2.03. The van der Waals surface area contributed by atoms with Crippen molar-refractivity contribution < 1.29 is 4.74 Å². The van der Waals surface area contributed by atoms with Gasteiger partial charge in [-0.2, -0.15) is 0 Å². The third kappa shape index (κ3) is 3.15. The number of pyridine rings is 1. The molecule has 3 nitrogen and oxygen atoms in total. The highest BCUT2D eigenvalue weighted by atomic mass is 79.9. The second kappa shape index (κ2) is 6.07. The minimum atomic E-state index is 0.633. The number of benzene rings is 1. The second-order valence-corrected chi connectivity index (χ2v) is 4.92. The molecule has 0 fully saturated rings. The number of nitrogens with zero attached hydrogens (tertiary/aromatic N) is 1. The van der Waals surface area contributed by atoms with Gasteiger partial charge in [-0.15, -0.1) is 0 Å². The van der Waals surface area contributed by atoms with Crippen LogP contribution in [0.15, 0.2) is 41.0 Å². The summed E-state index contributed by atoms with van der Waals surface area (Å²) in [7, 11) is 1.61. The molecule has 0 aliphatic rings. The summed E-state index contributed by atoms with van der Waals surface area (Å²) in [6, 6.07) is 9.59. The van der Waals surface area contributed by atoms with Gasteiger partial charge in [0.1, 0.15) is 0 Å². The molecule has 0 aliphatic carbocycles. The molecule has 0 spiro atoms. The van der Waals surface area contributed by atoms with E-state index < -0.39 is 0 Å². The lowest BCUT2D eigenvalue weighted by Gasteiger charge is -2.10. The van der Waals surface area contributed by atoms with Crippen molar-refractivity contribution in [3.8, 4) is 5.88 Å². The fourth-order valence-electron chi connectivity index (χ4n) is 1.55. The Bertz CT molecular complexity index is 548. The van der Waals surface area contributed by atoms with E-state index >= 15 is 0 Å². The molecule has 1 N–H and O–H groups in total. The summed E-state index contributed by atoms with van der Waals surface area (Å²) in [4.78, 5) is 4.15. The van der Waals surface area contributed by atoms with Crippen LogP contribution in [0, 0.1) is 0 Å². The van der Waals surface area contributed by atoms with E-state index in [0.717, 1.165) is 15.7 Å². The summed E-state index contributed by atoms with van der Waals surface area (Å²) in [5.74, 6) is 0.633. The van der Waals surface area contributed by atoms with Gasteiger partial charge in [0.25, 0.3) is 0 Å². The molecule has 0 saturated carbocycles. The molecule has 0 saturated heterocycles. The summed E-state index contributed by atoms with van der Waals surface area (Å²) < 4.78 is 6.07. The standard InChI is InChI=1S/C13H12BrClN2O/c1-18-13-9(3-2-6-16-13)8-17-10-4-5-11(14)12(15)7-10/h2-7,17H,8H2,1H3. The van der Waals surface area contributed by atoms with E-state index in [1.54, 1.807) is 13.3 Å². The third-order valence-corrected chi connectivity index (χ3v) is 3.68. The fourth-order valence-corrected chi connectivity index (χ4v) is 1.97. The maximum atomic E-state index is 6.03. The Morgan fingerprint density at radius 1 is 1.39 bits per heavy atom. The van der Waals surface area contributed by atoms with Crippen LogP contribution in [0.4, 0.5) is 5.69 Å². The normalized spacial score (nSPS) is 10.2. The molecule has 94 valence electrons. The predicted octanol–water partition coefficient (Wildman–Crippen LogP) is 4.12. The van der Waals surface area contributed by atoms with Crippen LogP contribution in [0.5, 0.6) is 5.88 Å². The average Bonchev–Trinajstić information content (AvgIpc) is 2.40. The van der Waals surface area contributed by atoms with Crippen LogP contribution < -0.4 is 10.1 Å². The van der Waals surface area contributed by atoms with Gasteiger partial charge < -0.3 is 10.1 Å². The first-order valence-electron chi connectivity index (χ1n) is 5.37. The van der Waals surface area contributed by atoms with Crippen molar-refractivity contribution >= 4 is 33.2 Å². The monoisotopic (exact) mass is 326 g/mol. The van der Waals surface area contributed by atoms with Crippen LogP contribution in [-0.2, 0) is 6.54 Å². The van der Waals surface area contributed by atoms with E-state index in [0.29, 0.717) is 17.4 Å². The van der Waals surface area contributed by atoms with Gasteiger partial charge >= 0.3 is 0 Å². The van der Waals surface area contributed by atoms with Crippen molar-refractivity contribution in [2.75, 3.05) is 12.4 Å². The van der Waals surface area contributed by atoms with Gasteiger partial charge in [-0.25, -0.2) is 4.98 Å². The molecule has 0 aliphatic heterocycles. The van der Waals surface area contributed by atoms with Gasteiger partial charge in [0.2, 0.25) is 5.88 Å². The van der Waals surface area contributed by atoms with Crippen LogP contribution >= 0.6 is 27.5 Å².